The van der Waals surface area contributed by atoms with Crippen molar-refractivity contribution in [1.29, 1.82) is 0 Å². The van der Waals surface area contributed by atoms with Crippen LogP contribution in [0.2, 0.25) is 0 Å². The molecule has 0 aromatic rings. The average Bonchev–Trinajstić information content (AvgIpc) is 2.63. The lowest BCUT2D eigenvalue weighted by atomic mass is 9.68. The molecule has 1 saturated heterocycles. The minimum Gasteiger partial charge on any atom is -0.391 e. The smallest absolute Gasteiger partial charge is 0.0695 e. The van der Waals surface area contributed by atoms with Crippen molar-refractivity contribution >= 4 is 0 Å². The normalized spacial score (nSPS) is 40.6. The molecule has 1 heterocycles. The summed E-state index contributed by atoms with van der Waals surface area (Å²) in [6.45, 7) is 2.54. The van der Waals surface area contributed by atoms with Crippen molar-refractivity contribution in [3.63, 3.8) is 0 Å². The van der Waals surface area contributed by atoms with Crippen LogP contribution < -0.4 is 0 Å². The molecule has 0 amide bonds. The van der Waals surface area contributed by atoms with E-state index in [1.54, 1.807) is 0 Å². The Morgan fingerprint density at radius 1 is 1.00 bits per heavy atom. The Morgan fingerprint density at radius 3 is 2.40 bits per heavy atom. The summed E-state index contributed by atoms with van der Waals surface area (Å²) in [6, 6.07) is 0.499. The molecule has 86 valence electrons. The Balaban J connectivity index is 1.62. The van der Waals surface area contributed by atoms with Crippen molar-refractivity contribution in [1.82, 2.24) is 4.90 Å². The summed E-state index contributed by atoms with van der Waals surface area (Å²) in [4.78, 5) is 2.60. The van der Waals surface area contributed by atoms with Gasteiger partial charge in [0.05, 0.1) is 6.10 Å². The third-order valence-electron chi connectivity index (χ3n) is 5.05. The van der Waals surface area contributed by atoms with E-state index in [1.807, 2.05) is 0 Å². The summed E-state index contributed by atoms with van der Waals surface area (Å²) < 4.78 is 0. The van der Waals surface area contributed by atoms with Gasteiger partial charge in [0.15, 0.2) is 0 Å². The molecule has 2 atom stereocenters. The van der Waals surface area contributed by atoms with Crippen molar-refractivity contribution < 1.29 is 5.11 Å². The summed E-state index contributed by atoms with van der Waals surface area (Å²) in [5, 5.41) is 10.0. The molecule has 2 heteroatoms. The highest BCUT2D eigenvalue weighted by Crippen LogP contribution is 2.49. The molecule has 2 saturated carbocycles. The van der Waals surface area contributed by atoms with Crippen LogP contribution in [0.1, 0.15) is 51.4 Å². The number of rotatable bonds is 1. The van der Waals surface area contributed by atoms with Gasteiger partial charge in [-0.15, -0.1) is 0 Å². The molecule has 0 radical (unpaired) electrons. The zero-order chi connectivity index (χ0) is 10.3. The molecule has 0 aromatic heterocycles. The molecule has 2 unspecified atom stereocenters. The highest BCUT2D eigenvalue weighted by molar-refractivity contribution is 4.98. The van der Waals surface area contributed by atoms with Gasteiger partial charge in [-0.2, -0.15) is 0 Å². The molecule has 1 N–H and O–H groups in total. The minimum atomic E-state index is -0.0334. The van der Waals surface area contributed by atoms with Crippen molar-refractivity contribution in [3.8, 4) is 0 Å². The molecule has 1 spiro atoms. The largest absolute Gasteiger partial charge is 0.391 e. The lowest BCUT2D eigenvalue weighted by molar-refractivity contribution is 0.0191. The summed E-state index contributed by atoms with van der Waals surface area (Å²) in [5.41, 5.74) is 0.692. The second-order valence-electron chi connectivity index (χ2n) is 5.99. The van der Waals surface area contributed by atoms with E-state index in [9.17, 15) is 5.11 Å². The Hall–Kier alpha value is -0.0800. The molecule has 0 aromatic carbocycles. The van der Waals surface area contributed by atoms with Crippen molar-refractivity contribution in [2.45, 2.75) is 63.5 Å². The monoisotopic (exact) mass is 209 g/mol. The first-order valence-electron chi connectivity index (χ1n) is 6.71. The fraction of sp³-hybridized carbons (Fsp3) is 1.00. The second kappa shape index (κ2) is 3.74. The minimum absolute atomic E-state index is 0.0334. The fourth-order valence-electron chi connectivity index (χ4n) is 3.86. The van der Waals surface area contributed by atoms with E-state index in [2.05, 4.69) is 4.90 Å². The molecular weight excluding hydrogens is 186 g/mol. The molecule has 3 aliphatic rings. The van der Waals surface area contributed by atoms with Gasteiger partial charge in [-0.25, -0.2) is 0 Å². The zero-order valence-electron chi connectivity index (χ0n) is 9.62. The van der Waals surface area contributed by atoms with Gasteiger partial charge in [0.25, 0.3) is 0 Å². The summed E-state index contributed by atoms with van der Waals surface area (Å²) in [7, 11) is 0. The van der Waals surface area contributed by atoms with Crippen LogP contribution in [0.5, 0.6) is 0 Å². The van der Waals surface area contributed by atoms with Gasteiger partial charge in [-0.05, 0) is 44.1 Å². The lowest BCUT2D eigenvalue weighted by Gasteiger charge is -2.41. The molecule has 0 bridgehead atoms. The van der Waals surface area contributed by atoms with E-state index < -0.39 is 0 Å². The number of hydrogen-bond donors (Lipinski definition) is 1. The van der Waals surface area contributed by atoms with Crippen LogP contribution in [-0.4, -0.2) is 35.2 Å². The van der Waals surface area contributed by atoms with Gasteiger partial charge in [0.2, 0.25) is 0 Å². The number of likely N-dealkylation sites (tertiary alicyclic amines) is 1. The van der Waals surface area contributed by atoms with Crippen LogP contribution in [0.15, 0.2) is 0 Å². The van der Waals surface area contributed by atoms with Gasteiger partial charge < -0.3 is 5.11 Å². The summed E-state index contributed by atoms with van der Waals surface area (Å²) in [6.07, 6.45) is 10.5. The summed E-state index contributed by atoms with van der Waals surface area (Å²) >= 11 is 0. The maximum Gasteiger partial charge on any atom is 0.0695 e. The number of aliphatic hydroxyl groups excluding tert-OH is 1. The zero-order valence-corrected chi connectivity index (χ0v) is 9.62. The van der Waals surface area contributed by atoms with Crippen LogP contribution in [0.25, 0.3) is 0 Å². The first-order chi connectivity index (χ1) is 7.29. The average molecular weight is 209 g/mol. The highest BCUT2D eigenvalue weighted by atomic mass is 16.3. The first-order valence-corrected chi connectivity index (χ1v) is 6.71. The fourth-order valence-corrected chi connectivity index (χ4v) is 3.86. The SMILES string of the molecule is OC1CCCCC1N1CCC2(CCC2)C1. The van der Waals surface area contributed by atoms with E-state index in [1.165, 1.54) is 58.0 Å². The molecule has 3 fully saturated rings. The standard InChI is InChI=1S/C13H23NO/c15-12-5-2-1-4-11(12)14-9-8-13(10-14)6-3-7-13/h11-12,15H,1-10H2. The first kappa shape index (κ1) is 10.1. The predicted octanol–water partition coefficient (Wildman–Crippen LogP) is 2.17. The molecule has 3 rings (SSSR count). The Bertz CT molecular complexity index is 237. The molecule has 2 nitrogen and oxygen atoms in total. The van der Waals surface area contributed by atoms with E-state index in [0.717, 1.165) is 6.42 Å². The quantitative estimate of drug-likeness (QED) is 0.715. The van der Waals surface area contributed by atoms with Crippen molar-refractivity contribution in [2.24, 2.45) is 5.41 Å². The van der Waals surface area contributed by atoms with Crippen LogP contribution in [0.4, 0.5) is 0 Å². The van der Waals surface area contributed by atoms with Crippen LogP contribution >= 0.6 is 0 Å². The number of hydrogen-bond acceptors (Lipinski definition) is 2. The van der Waals surface area contributed by atoms with E-state index in [0.29, 0.717) is 11.5 Å². The third-order valence-corrected chi connectivity index (χ3v) is 5.05. The Morgan fingerprint density at radius 2 is 1.80 bits per heavy atom. The van der Waals surface area contributed by atoms with Crippen LogP contribution in [0.3, 0.4) is 0 Å². The molecular formula is C13H23NO. The van der Waals surface area contributed by atoms with Gasteiger partial charge in [0.1, 0.15) is 0 Å². The van der Waals surface area contributed by atoms with Crippen molar-refractivity contribution in [2.75, 3.05) is 13.1 Å². The maximum atomic E-state index is 10.0. The van der Waals surface area contributed by atoms with Crippen LogP contribution in [0, 0.1) is 5.41 Å². The lowest BCUT2D eigenvalue weighted by Crippen LogP contribution is -2.45. The van der Waals surface area contributed by atoms with Gasteiger partial charge in [-0.3, -0.25) is 4.90 Å². The van der Waals surface area contributed by atoms with Gasteiger partial charge >= 0.3 is 0 Å². The van der Waals surface area contributed by atoms with Crippen molar-refractivity contribution in [3.05, 3.63) is 0 Å². The van der Waals surface area contributed by atoms with E-state index >= 15 is 0 Å². The van der Waals surface area contributed by atoms with E-state index in [4.69, 9.17) is 0 Å². The number of aliphatic hydroxyl groups is 1. The van der Waals surface area contributed by atoms with Crippen LogP contribution in [-0.2, 0) is 0 Å². The second-order valence-corrected chi connectivity index (χ2v) is 5.99. The van der Waals surface area contributed by atoms with E-state index in [-0.39, 0.29) is 6.10 Å². The predicted molar refractivity (Wildman–Crippen MR) is 60.7 cm³/mol. The number of nitrogens with zero attached hydrogens (tertiary/aromatic N) is 1. The topological polar surface area (TPSA) is 23.5 Å². The Labute approximate surface area is 92.7 Å². The maximum absolute atomic E-state index is 10.0. The molecule has 15 heavy (non-hydrogen) atoms. The van der Waals surface area contributed by atoms with Gasteiger partial charge in [-0.1, -0.05) is 19.3 Å². The highest BCUT2D eigenvalue weighted by Gasteiger charge is 2.45. The molecule has 2 aliphatic carbocycles. The third kappa shape index (κ3) is 1.72. The molecule has 1 aliphatic heterocycles. The Kier molecular flexibility index (Phi) is 2.52. The summed E-state index contributed by atoms with van der Waals surface area (Å²) in [5.74, 6) is 0. The van der Waals surface area contributed by atoms with Gasteiger partial charge in [0, 0.05) is 12.6 Å².